The summed E-state index contributed by atoms with van der Waals surface area (Å²) in [5, 5.41) is 7.32. The van der Waals surface area contributed by atoms with Gasteiger partial charge in [-0.25, -0.2) is 0 Å². The van der Waals surface area contributed by atoms with Crippen molar-refractivity contribution in [2.45, 2.75) is 0 Å². The van der Waals surface area contributed by atoms with Crippen molar-refractivity contribution in [3.63, 3.8) is 0 Å². The monoisotopic (exact) mass is 586 g/mol. The van der Waals surface area contributed by atoms with Gasteiger partial charge in [-0.1, -0.05) is 146 Å². The molecule has 0 amide bonds. The maximum absolute atomic E-state index is 2.47. The molecule has 46 heavy (non-hydrogen) atoms. The molecule has 1 aromatic heterocycles. The average Bonchev–Trinajstić information content (AvgIpc) is 3.47. The predicted octanol–water partition coefficient (Wildman–Crippen LogP) is 12.2. The third kappa shape index (κ3) is 4.19. The van der Waals surface area contributed by atoms with Crippen LogP contribution in [0.3, 0.4) is 0 Å². The fraction of sp³-hybridized carbons (Fsp3) is 0. The molecule has 0 aliphatic rings. The lowest BCUT2D eigenvalue weighted by atomic mass is 10.0. The minimum atomic E-state index is 1.11. The van der Waals surface area contributed by atoms with Crippen LogP contribution in [0.5, 0.6) is 0 Å². The molecular formula is C44H30N2. The van der Waals surface area contributed by atoms with Crippen molar-refractivity contribution < 1.29 is 0 Å². The Labute approximate surface area is 268 Å². The van der Waals surface area contributed by atoms with Crippen molar-refractivity contribution in [1.82, 2.24) is 4.57 Å². The first-order valence-corrected chi connectivity index (χ1v) is 15.8. The molecule has 8 aromatic carbocycles. The minimum absolute atomic E-state index is 1.11. The van der Waals surface area contributed by atoms with E-state index >= 15 is 0 Å². The molecule has 0 radical (unpaired) electrons. The van der Waals surface area contributed by atoms with Gasteiger partial charge in [-0.05, 0) is 58.3 Å². The van der Waals surface area contributed by atoms with Gasteiger partial charge in [0.1, 0.15) is 0 Å². The van der Waals surface area contributed by atoms with Gasteiger partial charge in [0.05, 0.1) is 28.1 Å². The average molecular weight is 587 g/mol. The molecule has 9 rings (SSSR count). The molecule has 0 atom stereocenters. The largest absolute Gasteiger partial charge is 0.307 e. The van der Waals surface area contributed by atoms with Gasteiger partial charge >= 0.3 is 0 Å². The van der Waals surface area contributed by atoms with Crippen LogP contribution in [0, 0.1) is 0 Å². The second-order valence-corrected chi connectivity index (χ2v) is 11.8. The van der Waals surface area contributed by atoms with Crippen LogP contribution in [0.25, 0.3) is 60.2 Å². The number of benzene rings is 8. The molecule has 0 saturated carbocycles. The molecule has 0 fully saturated rings. The minimum Gasteiger partial charge on any atom is -0.307 e. The van der Waals surface area contributed by atoms with Crippen LogP contribution in [-0.2, 0) is 0 Å². The maximum Gasteiger partial charge on any atom is 0.0781 e. The van der Waals surface area contributed by atoms with E-state index in [1.807, 2.05) is 0 Å². The molecule has 0 saturated heterocycles. The summed E-state index contributed by atoms with van der Waals surface area (Å²) in [6.45, 7) is 0. The summed E-state index contributed by atoms with van der Waals surface area (Å²) < 4.78 is 2.45. The van der Waals surface area contributed by atoms with E-state index in [-0.39, 0.29) is 0 Å². The van der Waals surface area contributed by atoms with Gasteiger partial charge in [0.2, 0.25) is 0 Å². The molecule has 216 valence electrons. The van der Waals surface area contributed by atoms with Gasteiger partial charge in [0.25, 0.3) is 0 Å². The molecule has 2 nitrogen and oxygen atoms in total. The Morgan fingerprint density at radius 1 is 0.348 bits per heavy atom. The lowest BCUT2D eigenvalue weighted by Gasteiger charge is -2.31. The summed E-state index contributed by atoms with van der Waals surface area (Å²) in [7, 11) is 0. The Morgan fingerprint density at radius 2 is 0.870 bits per heavy atom. The number of nitrogens with zero attached hydrogens (tertiary/aromatic N) is 2. The molecule has 0 N–H and O–H groups in total. The van der Waals surface area contributed by atoms with Crippen molar-refractivity contribution in [1.29, 1.82) is 0 Å². The van der Waals surface area contributed by atoms with E-state index in [1.54, 1.807) is 0 Å². The van der Waals surface area contributed by atoms with Crippen molar-refractivity contribution in [3.05, 3.63) is 182 Å². The second-order valence-electron chi connectivity index (χ2n) is 11.8. The highest BCUT2D eigenvalue weighted by Crippen LogP contribution is 2.47. The van der Waals surface area contributed by atoms with E-state index in [1.165, 1.54) is 54.5 Å². The molecule has 9 aromatic rings. The highest BCUT2D eigenvalue weighted by atomic mass is 15.2. The molecule has 0 aliphatic carbocycles. The first-order chi connectivity index (χ1) is 22.8. The van der Waals surface area contributed by atoms with Crippen LogP contribution < -0.4 is 4.90 Å². The van der Waals surface area contributed by atoms with Crippen molar-refractivity contribution in [3.8, 4) is 16.8 Å². The Morgan fingerprint density at radius 3 is 1.57 bits per heavy atom. The van der Waals surface area contributed by atoms with Gasteiger partial charge < -0.3 is 9.47 Å². The van der Waals surface area contributed by atoms with Gasteiger partial charge in [-0.15, -0.1) is 0 Å². The number of fused-ring (bicyclic) bond motifs is 5. The van der Waals surface area contributed by atoms with E-state index in [0.29, 0.717) is 0 Å². The summed E-state index contributed by atoms with van der Waals surface area (Å²) in [5.74, 6) is 0. The van der Waals surface area contributed by atoms with E-state index in [4.69, 9.17) is 0 Å². The summed E-state index contributed by atoms with van der Waals surface area (Å²) in [5.41, 5.74) is 9.32. The molecule has 0 bridgehead atoms. The number of hydrogen-bond donors (Lipinski definition) is 0. The first-order valence-electron chi connectivity index (χ1n) is 15.8. The van der Waals surface area contributed by atoms with Crippen molar-refractivity contribution in [2.75, 3.05) is 4.90 Å². The normalized spacial score (nSPS) is 11.5. The third-order valence-corrected chi connectivity index (χ3v) is 9.16. The molecule has 0 spiro atoms. The fourth-order valence-corrected chi connectivity index (χ4v) is 7.07. The highest BCUT2D eigenvalue weighted by Gasteiger charge is 2.24. The molecular weight excluding hydrogens is 556 g/mol. The van der Waals surface area contributed by atoms with E-state index in [0.717, 1.165) is 22.7 Å². The lowest BCUT2D eigenvalue weighted by Crippen LogP contribution is -2.14. The lowest BCUT2D eigenvalue weighted by molar-refractivity contribution is 1.16. The summed E-state index contributed by atoms with van der Waals surface area (Å²) >= 11 is 0. The van der Waals surface area contributed by atoms with Gasteiger partial charge in [0.15, 0.2) is 0 Å². The summed E-state index contributed by atoms with van der Waals surface area (Å²) in [6.07, 6.45) is 0. The predicted molar refractivity (Wildman–Crippen MR) is 196 cm³/mol. The first kappa shape index (κ1) is 26.3. The standard InChI is InChI=1S/C44H30N2/c1-2-13-31(14-3-1)32-25-28-35(29-26-32)45(40-24-12-17-33-15-4-6-18-36(33)40)44-37-19-7-5-16-34(37)27-30-43(44)46-41-22-10-8-20-38(41)39-21-9-11-23-42(39)46/h1-30H. The zero-order chi connectivity index (χ0) is 30.5. The maximum atomic E-state index is 2.47. The van der Waals surface area contributed by atoms with Crippen LogP contribution in [0.4, 0.5) is 17.1 Å². The molecule has 0 aliphatic heterocycles. The SMILES string of the molecule is c1ccc(-c2ccc(N(c3cccc4ccccc34)c3c(-n4c5ccccc5c5ccccc54)ccc4ccccc34)cc2)cc1. The molecule has 1 heterocycles. The Kier molecular flexibility index (Phi) is 6.17. The highest BCUT2D eigenvalue weighted by molar-refractivity contribution is 6.12. The zero-order valence-corrected chi connectivity index (χ0v) is 25.2. The van der Waals surface area contributed by atoms with Crippen molar-refractivity contribution >= 4 is 60.4 Å². The third-order valence-electron chi connectivity index (χ3n) is 9.16. The van der Waals surface area contributed by atoms with Gasteiger partial charge in [-0.2, -0.15) is 0 Å². The van der Waals surface area contributed by atoms with E-state index in [9.17, 15) is 0 Å². The number of hydrogen-bond acceptors (Lipinski definition) is 1. The van der Waals surface area contributed by atoms with Crippen molar-refractivity contribution in [2.24, 2.45) is 0 Å². The number of anilines is 3. The smallest absolute Gasteiger partial charge is 0.0781 e. The van der Waals surface area contributed by atoms with Crippen LogP contribution >= 0.6 is 0 Å². The van der Waals surface area contributed by atoms with Crippen LogP contribution in [0.1, 0.15) is 0 Å². The Balaban J connectivity index is 1.40. The zero-order valence-electron chi connectivity index (χ0n) is 25.2. The second kappa shape index (κ2) is 10.8. The number of aromatic nitrogens is 1. The van der Waals surface area contributed by atoms with Gasteiger partial charge in [-0.3, -0.25) is 0 Å². The number of para-hydroxylation sites is 2. The molecule has 2 heteroatoms. The Hall–Kier alpha value is -6.12. The van der Waals surface area contributed by atoms with Crippen LogP contribution in [0.15, 0.2) is 182 Å². The summed E-state index contributed by atoms with van der Waals surface area (Å²) in [4.78, 5) is 2.47. The van der Waals surface area contributed by atoms with E-state index in [2.05, 4.69) is 191 Å². The van der Waals surface area contributed by atoms with E-state index < -0.39 is 0 Å². The number of rotatable bonds is 5. The quantitative estimate of drug-likeness (QED) is 0.195. The van der Waals surface area contributed by atoms with Crippen LogP contribution in [0.2, 0.25) is 0 Å². The van der Waals surface area contributed by atoms with Gasteiger partial charge in [0, 0.05) is 27.2 Å². The summed E-state index contributed by atoms with van der Waals surface area (Å²) in [6, 6.07) is 65.8. The fourth-order valence-electron chi connectivity index (χ4n) is 7.07. The Bertz CT molecular complexity index is 2470. The topological polar surface area (TPSA) is 8.17 Å². The van der Waals surface area contributed by atoms with Crippen LogP contribution in [-0.4, -0.2) is 4.57 Å². The molecule has 0 unspecified atom stereocenters.